The van der Waals surface area contributed by atoms with E-state index in [1.54, 1.807) is 12.1 Å². The summed E-state index contributed by atoms with van der Waals surface area (Å²) in [5.74, 6) is 0. The van der Waals surface area contributed by atoms with E-state index >= 15 is 0 Å². The highest BCUT2D eigenvalue weighted by Gasteiger charge is 2.48. The minimum atomic E-state index is -3.39. The van der Waals surface area contributed by atoms with Crippen molar-refractivity contribution < 1.29 is 8.42 Å². The molecule has 0 atom stereocenters. The molecule has 0 bridgehead atoms. The molecule has 0 saturated carbocycles. The molecule has 0 amide bonds. The molecule has 3 heteroatoms. The summed E-state index contributed by atoms with van der Waals surface area (Å²) >= 11 is 0. The first-order valence-corrected chi connectivity index (χ1v) is 8.13. The maximum absolute atomic E-state index is 12.9. The molecule has 0 fully saturated rings. The van der Waals surface area contributed by atoms with Gasteiger partial charge >= 0.3 is 0 Å². The van der Waals surface area contributed by atoms with Gasteiger partial charge in [0, 0.05) is 5.41 Å². The van der Waals surface area contributed by atoms with Gasteiger partial charge in [-0.15, -0.1) is 0 Å². The van der Waals surface area contributed by atoms with Gasteiger partial charge in [-0.1, -0.05) is 56.3 Å². The van der Waals surface area contributed by atoms with Gasteiger partial charge in [0.25, 0.3) is 0 Å². The van der Waals surface area contributed by atoms with Crippen LogP contribution in [0.15, 0.2) is 53.4 Å². The molecule has 1 aliphatic heterocycles. The van der Waals surface area contributed by atoms with Gasteiger partial charge in [-0.25, -0.2) is 8.42 Å². The fraction of sp³-hybridized carbons (Fsp3) is 0.176. The van der Waals surface area contributed by atoms with Crippen LogP contribution in [0.5, 0.6) is 0 Å². The summed E-state index contributed by atoms with van der Waals surface area (Å²) in [6.07, 6.45) is 0. The van der Waals surface area contributed by atoms with Gasteiger partial charge in [-0.05, 0) is 28.3 Å². The van der Waals surface area contributed by atoms with Crippen LogP contribution in [0.4, 0.5) is 0 Å². The number of hydrogen-bond donors (Lipinski definition) is 0. The number of fused-ring (bicyclic) bond motifs is 4. The highest BCUT2D eigenvalue weighted by atomic mass is 32.2. The van der Waals surface area contributed by atoms with Crippen molar-refractivity contribution in [2.24, 2.45) is 0 Å². The zero-order valence-electron chi connectivity index (χ0n) is 11.3. The normalized spacial score (nSPS) is 20.5. The van der Waals surface area contributed by atoms with E-state index < -0.39 is 9.84 Å². The van der Waals surface area contributed by atoms with Crippen LogP contribution in [0.2, 0.25) is 0 Å². The van der Waals surface area contributed by atoms with Gasteiger partial charge < -0.3 is 0 Å². The summed E-state index contributed by atoms with van der Waals surface area (Å²) in [4.78, 5) is 0.965. The Morgan fingerprint density at radius 1 is 0.850 bits per heavy atom. The molecule has 0 saturated heterocycles. The van der Waals surface area contributed by atoms with E-state index in [1.165, 1.54) is 0 Å². The maximum atomic E-state index is 12.9. The number of rotatable bonds is 0. The van der Waals surface area contributed by atoms with Crippen LogP contribution in [-0.4, -0.2) is 8.42 Å². The number of allylic oxidation sites excluding steroid dienone is 1. The average molecular weight is 282 g/mol. The number of sulfone groups is 1. The van der Waals surface area contributed by atoms with Crippen molar-refractivity contribution in [2.45, 2.75) is 24.2 Å². The summed E-state index contributed by atoms with van der Waals surface area (Å²) < 4.78 is 25.7. The van der Waals surface area contributed by atoms with Crippen molar-refractivity contribution in [1.29, 1.82) is 0 Å². The van der Waals surface area contributed by atoms with Crippen molar-refractivity contribution in [2.75, 3.05) is 0 Å². The molecule has 0 spiro atoms. The summed E-state index contributed by atoms with van der Waals surface area (Å²) in [6.45, 7) is 4.21. The molecule has 0 N–H and O–H groups in total. The molecular weight excluding hydrogens is 268 g/mol. The summed E-state index contributed by atoms with van der Waals surface area (Å²) in [7, 11) is -3.39. The van der Waals surface area contributed by atoms with Gasteiger partial charge in [0.2, 0.25) is 9.84 Å². The van der Waals surface area contributed by atoms with Gasteiger partial charge in [-0.3, -0.25) is 0 Å². The zero-order chi connectivity index (χ0) is 14.1. The maximum Gasteiger partial charge on any atom is 0.208 e. The summed E-state index contributed by atoms with van der Waals surface area (Å²) in [6, 6.07) is 15.2. The quantitative estimate of drug-likeness (QED) is 0.739. The second kappa shape index (κ2) is 3.41. The van der Waals surface area contributed by atoms with Crippen molar-refractivity contribution in [3.63, 3.8) is 0 Å². The van der Waals surface area contributed by atoms with E-state index in [-0.39, 0.29) is 5.41 Å². The minimum absolute atomic E-state index is 0.272. The Balaban J connectivity index is 2.19. The van der Waals surface area contributed by atoms with E-state index in [4.69, 9.17) is 0 Å². The topological polar surface area (TPSA) is 34.1 Å². The van der Waals surface area contributed by atoms with Crippen LogP contribution in [-0.2, 0) is 15.3 Å². The third-order valence-corrected chi connectivity index (χ3v) is 6.31. The third-order valence-electron chi connectivity index (χ3n) is 4.41. The Hall–Kier alpha value is -1.87. The van der Waals surface area contributed by atoms with Crippen molar-refractivity contribution in [1.82, 2.24) is 0 Å². The molecule has 1 aliphatic carbocycles. The Kier molecular flexibility index (Phi) is 2.03. The van der Waals surface area contributed by atoms with Crippen molar-refractivity contribution in [3.05, 3.63) is 65.2 Å². The molecule has 0 aromatic heterocycles. The molecule has 2 aromatic rings. The molecular formula is C17H14O2S. The second-order valence-electron chi connectivity index (χ2n) is 5.87. The van der Waals surface area contributed by atoms with E-state index in [1.807, 2.05) is 36.4 Å². The predicted octanol–water partition coefficient (Wildman–Crippen LogP) is 3.63. The van der Waals surface area contributed by atoms with Crippen LogP contribution < -0.4 is 0 Å². The fourth-order valence-electron chi connectivity index (χ4n) is 3.53. The lowest BCUT2D eigenvalue weighted by molar-refractivity contribution is 0.606. The first kappa shape index (κ1) is 11.9. The van der Waals surface area contributed by atoms with E-state index in [2.05, 4.69) is 13.8 Å². The van der Waals surface area contributed by atoms with Crippen LogP contribution in [0.3, 0.4) is 0 Å². The highest BCUT2D eigenvalue weighted by Crippen LogP contribution is 2.58. The minimum Gasteiger partial charge on any atom is -0.218 e. The van der Waals surface area contributed by atoms with E-state index in [0.29, 0.717) is 9.80 Å². The lowest BCUT2D eigenvalue weighted by Crippen LogP contribution is -2.16. The Bertz CT molecular complexity index is 887. The summed E-state index contributed by atoms with van der Waals surface area (Å²) in [5, 5.41) is 0. The first-order valence-electron chi connectivity index (χ1n) is 6.65. The smallest absolute Gasteiger partial charge is 0.208 e. The first-order chi connectivity index (χ1) is 9.45. The van der Waals surface area contributed by atoms with Crippen LogP contribution >= 0.6 is 0 Å². The Morgan fingerprint density at radius 3 is 2.20 bits per heavy atom. The lowest BCUT2D eigenvalue weighted by atomic mass is 9.78. The van der Waals surface area contributed by atoms with Crippen molar-refractivity contribution >= 4 is 20.3 Å². The van der Waals surface area contributed by atoms with E-state index in [9.17, 15) is 8.42 Å². The molecule has 2 nitrogen and oxygen atoms in total. The molecule has 0 unspecified atom stereocenters. The monoisotopic (exact) mass is 282 g/mol. The Labute approximate surface area is 118 Å². The number of hydrogen-bond acceptors (Lipinski definition) is 2. The number of benzene rings is 2. The average Bonchev–Trinajstić information content (AvgIpc) is 2.82. The summed E-state index contributed by atoms with van der Waals surface area (Å²) in [5.41, 5.74) is 3.51. The van der Waals surface area contributed by atoms with Crippen LogP contribution in [0.25, 0.3) is 10.5 Å². The molecule has 100 valence electrons. The molecule has 2 aromatic carbocycles. The fourth-order valence-corrected chi connectivity index (χ4v) is 5.57. The molecule has 1 heterocycles. The van der Waals surface area contributed by atoms with Crippen molar-refractivity contribution in [3.8, 4) is 0 Å². The SMILES string of the molecule is CC1(C)C2=C(c3ccccc31)S(=O)(=O)c1ccccc12. The van der Waals surface area contributed by atoms with E-state index in [0.717, 1.165) is 22.3 Å². The second-order valence-corrected chi connectivity index (χ2v) is 7.73. The van der Waals surface area contributed by atoms with Gasteiger partial charge in [-0.2, -0.15) is 0 Å². The molecule has 20 heavy (non-hydrogen) atoms. The lowest BCUT2D eigenvalue weighted by Gasteiger charge is -2.24. The Morgan fingerprint density at radius 2 is 1.45 bits per heavy atom. The van der Waals surface area contributed by atoms with Crippen LogP contribution in [0, 0.1) is 0 Å². The van der Waals surface area contributed by atoms with Gasteiger partial charge in [0.15, 0.2) is 0 Å². The predicted molar refractivity (Wildman–Crippen MR) is 79.9 cm³/mol. The zero-order valence-corrected chi connectivity index (χ0v) is 12.2. The highest BCUT2D eigenvalue weighted by molar-refractivity contribution is 8.01. The standard InChI is InChI=1S/C17H14O2S/c1-17(2)13-9-5-3-7-11(13)16-15(17)12-8-4-6-10-14(12)20(16,18)19/h3-10H,1-2H3. The van der Waals surface area contributed by atoms with Gasteiger partial charge in [0.05, 0.1) is 9.80 Å². The van der Waals surface area contributed by atoms with Crippen LogP contribution in [0.1, 0.15) is 30.5 Å². The molecule has 0 radical (unpaired) electrons. The largest absolute Gasteiger partial charge is 0.218 e. The molecule has 4 rings (SSSR count). The van der Waals surface area contributed by atoms with Gasteiger partial charge in [0.1, 0.15) is 0 Å². The molecule has 2 aliphatic rings. The third kappa shape index (κ3) is 1.17.